The maximum absolute atomic E-state index is 13.2. The molecule has 0 atom stereocenters. The Morgan fingerprint density at radius 1 is 0.929 bits per heavy atom. The number of nitrogens with zero attached hydrogens (tertiary/aromatic N) is 2. The number of rotatable bonds is 3. The van der Waals surface area contributed by atoms with E-state index in [0.717, 1.165) is 10.0 Å². The van der Waals surface area contributed by atoms with Crippen molar-refractivity contribution in [2.24, 2.45) is 0 Å². The van der Waals surface area contributed by atoms with Gasteiger partial charge in [0, 0.05) is 16.1 Å². The molecule has 0 saturated heterocycles. The lowest BCUT2D eigenvalue weighted by Crippen LogP contribution is -2.60. The number of alkyl halides is 1. The standard InChI is InChI=1S/C20H20ClIN2O4/c1-20(2,3)24(18(26)14-7-5-4-6-8-14)23(19(27)28-13-22)17(25)15-9-11-16(21)12-10-15/h4-12H,13H2,1-3H3. The van der Waals surface area contributed by atoms with E-state index in [1.165, 1.54) is 24.3 Å². The summed E-state index contributed by atoms with van der Waals surface area (Å²) in [5.74, 6) is -1.19. The van der Waals surface area contributed by atoms with Crippen LogP contribution in [-0.4, -0.2) is 38.1 Å². The van der Waals surface area contributed by atoms with Crippen molar-refractivity contribution in [2.75, 3.05) is 4.61 Å². The van der Waals surface area contributed by atoms with Crippen LogP contribution in [0.1, 0.15) is 41.5 Å². The summed E-state index contributed by atoms with van der Waals surface area (Å²) in [6.07, 6.45) is -0.937. The minimum Gasteiger partial charge on any atom is -0.437 e. The number of hydrogen-bond donors (Lipinski definition) is 0. The number of halogens is 2. The van der Waals surface area contributed by atoms with Gasteiger partial charge in [-0.25, -0.2) is 9.80 Å². The molecule has 0 aliphatic heterocycles. The molecule has 2 aromatic carbocycles. The van der Waals surface area contributed by atoms with Gasteiger partial charge in [0.1, 0.15) is 4.61 Å². The highest BCUT2D eigenvalue weighted by molar-refractivity contribution is 14.1. The number of ether oxygens (including phenoxy) is 1. The molecular weight excluding hydrogens is 495 g/mol. The Kier molecular flexibility index (Phi) is 7.42. The summed E-state index contributed by atoms with van der Waals surface area (Å²) in [5.41, 5.74) is -0.349. The predicted octanol–water partition coefficient (Wildman–Crippen LogP) is 5.17. The van der Waals surface area contributed by atoms with E-state index in [1.807, 2.05) is 22.6 Å². The first kappa shape index (κ1) is 22.2. The number of benzene rings is 2. The van der Waals surface area contributed by atoms with Crippen molar-refractivity contribution in [3.8, 4) is 0 Å². The molecule has 28 heavy (non-hydrogen) atoms. The monoisotopic (exact) mass is 514 g/mol. The highest BCUT2D eigenvalue weighted by Gasteiger charge is 2.40. The van der Waals surface area contributed by atoms with Crippen molar-refractivity contribution in [1.82, 2.24) is 10.0 Å². The van der Waals surface area contributed by atoms with Gasteiger partial charge in [0.05, 0.1) is 5.54 Å². The normalized spacial score (nSPS) is 10.9. The van der Waals surface area contributed by atoms with Crippen LogP contribution >= 0.6 is 34.2 Å². The van der Waals surface area contributed by atoms with Gasteiger partial charge in [0.15, 0.2) is 0 Å². The molecule has 0 heterocycles. The molecule has 2 rings (SSSR count). The molecule has 0 bridgehead atoms. The zero-order valence-corrected chi connectivity index (χ0v) is 18.6. The minimum absolute atomic E-state index is 0.0263. The average Bonchev–Trinajstić information content (AvgIpc) is 2.65. The summed E-state index contributed by atoms with van der Waals surface area (Å²) in [6, 6.07) is 14.5. The van der Waals surface area contributed by atoms with Crippen LogP contribution in [0.3, 0.4) is 0 Å². The molecule has 0 unspecified atom stereocenters. The first-order valence-corrected chi connectivity index (χ1v) is 10.3. The Morgan fingerprint density at radius 2 is 1.46 bits per heavy atom. The number of hydrazine groups is 1. The number of carbonyl (C=O) groups excluding carboxylic acids is 3. The van der Waals surface area contributed by atoms with E-state index in [9.17, 15) is 14.4 Å². The van der Waals surface area contributed by atoms with E-state index in [1.54, 1.807) is 51.1 Å². The summed E-state index contributed by atoms with van der Waals surface area (Å²) in [7, 11) is 0. The predicted molar refractivity (Wildman–Crippen MR) is 115 cm³/mol. The van der Waals surface area contributed by atoms with Gasteiger partial charge in [0.25, 0.3) is 11.8 Å². The molecular formula is C20H20ClIN2O4. The quantitative estimate of drug-likeness (QED) is 0.322. The molecule has 0 aliphatic carbocycles. The van der Waals surface area contributed by atoms with Crippen molar-refractivity contribution < 1.29 is 19.1 Å². The molecule has 0 fully saturated rings. The SMILES string of the molecule is CC(C)(C)N(C(=O)c1ccccc1)N(C(=O)OCI)C(=O)c1ccc(Cl)cc1. The second-order valence-electron chi connectivity index (χ2n) is 6.80. The van der Waals surface area contributed by atoms with Crippen LogP contribution in [0.5, 0.6) is 0 Å². The highest BCUT2D eigenvalue weighted by Crippen LogP contribution is 2.24. The van der Waals surface area contributed by atoms with Gasteiger partial charge >= 0.3 is 6.09 Å². The van der Waals surface area contributed by atoms with Crippen LogP contribution in [0, 0.1) is 0 Å². The summed E-state index contributed by atoms with van der Waals surface area (Å²) in [5, 5.41) is 2.32. The number of carbonyl (C=O) groups is 3. The molecule has 148 valence electrons. The Bertz CT molecular complexity index is 851. The van der Waals surface area contributed by atoms with Crippen LogP contribution in [-0.2, 0) is 4.74 Å². The zero-order valence-electron chi connectivity index (χ0n) is 15.7. The molecule has 0 aromatic heterocycles. The second kappa shape index (κ2) is 9.38. The van der Waals surface area contributed by atoms with E-state index in [0.29, 0.717) is 10.6 Å². The lowest BCUT2D eigenvalue weighted by molar-refractivity contribution is -0.0367. The van der Waals surface area contributed by atoms with E-state index in [-0.39, 0.29) is 10.2 Å². The molecule has 0 aliphatic rings. The van der Waals surface area contributed by atoms with Gasteiger partial charge in [-0.05, 0) is 79.8 Å². The number of imide groups is 1. The molecule has 6 nitrogen and oxygen atoms in total. The van der Waals surface area contributed by atoms with Gasteiger partial charge in [-0.1, -0.05) is 29.8 Å². The summed E-state index contributed by atoms with van der Waals surface area (Å²) >= 11 is 7.74. The van der Waals surface area contributed by atoms with Gasteiger partial charge < -0.3 is 4.74 Å². The smallest absolute Gasteiger partial charge is 0.437 e. The lowest BCUT2D eigenvalue weighted by atomic mass is 10.1. The van der Waals surface area contributed by atoms with Crippen molar-refractivity contribution in [3.05, 3.63) is 70.7 Å². The second-order valence-corrected chi connectivity index (χ2v) is 7.86. The largest absolute Gasteiger partial charge is 0.437 e. The van der Waals surface area contributed by atoms with Crippen LogP contribution in [0.2, 0.25) is 5.02 Å². The maximum Gasteiger partial charge on any atom is 0.437 e. The highest BCUT2D eigenvalue weighted by atomic mass is 127. The summed E-state index contributed by atoms with van der Waals surface area (Å²) in [4.78, 5) is 39.1. The fraction of sp³-hybridized carbons (Fsp3) is 0.250. The molecule has 0 saturated carbocycles. The summed E-state index contributed by atoms with van der Waals surface area (Å²) < 4.78 is 5.09. The first-order valence-electron chi connectivity index (χ1n) is 8.39. The molecule has 8 heteroatoms. The van der Waals surface area contributed by atoms with Gasteiger partial charge in [-0.15, -0.1) is 5.01 Å². The fourth-order valence-electron chi connectivity index (χ4n) is 2.48. The van der Waals surface area contributed by atoms with Crippen LogP contribution < -0.4 is 0 Å². The van der Waals surface area contributed by atoms with Crippen molar-refractivity contribution in [1.29, 1.82) is 0 Å². The van der Waals surface area contributed by atoms with E-state index >= 15 is 0 Å². The summed E-state index contributed by atoms with van der Waals surface area (Å²) in [6.45, 7) is 5.19. The maximum atomic E-state index is 13.2. The van der Waals surface area contributed by atoms with Crippen LogP contribution in [0.4, 0.5) is 4.79 Å². The Labute approximate surface area is 182 Å². The van der Waals surface area contributed by atoms with E-state index < -0.39 is 23.4 Å². The number of hydrogen-bond acceptors (Lipinski definition) is 4. The minimum atomic E-state index is -0.937. The zero-order chi connectivity index (χ0) is 20.9. The molecule has 0 spiro atoms. The lowest BCUT2D eigenvalue weighted by Gasteiger charge is -2.41. The van der Waals surface area contributed by atoms with Crippen molar-refractivity contribution >= 4 is 52.1 Å². The van der Waals surface area contributed by atoms with Crippen molar-refractivity contribution in [2.45, 2.75) is 26.3 Å². The third-order valence-electron chi connectivity index (χ3n) is 3.68. The Balaban J connectivity index is 2.56. The Hall–Kier alpha value is -2.13. The van der Waals surface area contributed by atoms with Crippen molar-refractivity contribution in [3.63, 3.8) is 0 Å². The Morgan fingerprint density at radius 3 is 1.96 bits per heavy atom. The topological polar surface area (TPSA) is 66.9 Å². The molecule has 0 radical (unpaired) electrons. The third kappa shape index (κ3) is 5.23. The van der Waals surface area contributed by atoms with E-state index in [4.69, 9.17) is 16.3 Å². The van der Waals surface area contributed by atoms with E-state index in [2.05, 4.69) is 0 Å². The number of amides is 3. The van der Waals surface area contributed by atoms with Gasteiger partial charge in [-0.3, -0.25) is 9.59 Å². The van der Waals surface area contributed by atoms with Gasteiger partial charge in [0.2, 0.25) is 0 Å². The molecule has 0 N–H and O–H groups in total. The molecule has 3 amide bonds. The third-order valence-corrected chi connectivity index (χ3v) is 4.25. The average molecular weight is 515 g/mol. The van der Waals surface area contributed by atoms with Crippen LogP contribution in [0.25, 0.3) is 0 Å². The fourth-order valence-corrected chi connectivity index (χ4v) is 2.87. The molecule has 2 aromatic rings. The van der Waals surface area contributed by atoms with Gasteiger partial charge in [-0.2, -0.15) is 0 Å². The van der Waals surface area contributed by atoms with Crippen LogP contribution in [0.15, 0.2) is 54.6 Å². The first-order chi connectivity index (χ1) is 13.2.